The fourth-order valence-corrected chi connectivity index (χ4v) is 4.36. The highest BCUT2D eigenvalue weighted by molar-refractivity contribution is 7.13. The van der Waals surface area contributed by atoms with Crippen LogP contribution in [0.4, 0.5) is 11.4 Å². The highest BCUT2D eigenvalue weighted by Crippen LogP contribution is 2.29. The molecule has 1 aliphatic rings. The Morgan fingerprint density at radius 3 is 2.72 bits per heavy atom. The topological polar surface area (TPSA) is 88.3 Å². The third-order valence-electron chi connectivity index (χ3n) is 5.32. The number of thiophene rings is 1. The number of rotatable bonds is 6. The van der Waals surface area contributed by atoms with Crippen molar-refractivity contribution in [3.63, 3.8) is 0 Å². The molecule has 0 bridgehead atoms. The molecular formula is C24H20N4O3S. The first-order valence-electron chi connectivity index (χ1n) is 10.3. The van der Waals surface area contributed by atoms with Gasteiger partial charge < -0.3 is 14.7 Å². The van der Waals surface area contributed by atoms with Crippen LogP contribution in [0.1, 0.15) is 28.2 Å². The molecule has 3 heterocycles. The van der Waals surface area contributed by atoms with Crippen LogP contribution < -0.4 is 10.2 Å². The monoisotopic (exact) mass is 444 g/mol. The van der Waals surface area contributed by atoms with Gasteiger partial charge in [0.2, 0.25) is 17.6 Å². The molecule has 2 aromatic carbocycles. The smallest absolute Gasteiger partial charge is 0.258 e. The maximum absolute atomic E-state index is 12.9. The van der Waals surface area contributed by atoms with Gasteiger partial charge in [-0.25, -0.2) is 0 Å². The maximum atomic E-state index is 12.9. The lowest BCUT2D eigenvalue weighted by Crippen LogP contribution is -2.28. The van der Waals surface area contributed by atoms with Gasteiger partial charge in [-0.05, 0) is 53.8 Å². The minimum Gasteiger partial charge on any atom is -0.339 e. The zero-order chi connectivity index (χ0) is 21.9. The van der Waals surface area contributed by atoms with Gasteiger partial charge >= 0.3 is 0 Å². The summed E-state index contributed by atoms with van der Waals surface area (Å²) in [5, 5.41) is 8.74. The molecule has 0 unspecified atom stereocenters. The first kappa shape index (κ1) is 20.1. The van der Waals surface area contributed by atoms with E-state index < -0.39 is 0 Å². The molecule has 0 saturated carbocycles. The third kappa shape index (κ3) is 4.17. The summed E-state index contributed by atoms with van der Waals surface area (Å²) in [6.07, 6.45) is 1.44. The summed E-state index contributed by atoms with van der Waals surface area (Å²) in [5.41, 5.74) is 3.39. The lowest BCUT2D eigenvalue weighted by Gasteiger charge is -2.17. The highest BCUT2D eigenvalue weighted by atomic mass is 32.1. The number of fused-ring (bicyclic) bond motifs is 1. The SMILES string of the molecule is O=C(CCc1nc(-c2cccs2)no1)Nc1ccc(C(=O)N2CCc3ccccc32)cc1. The lowest BCUT2D eigenvalue weighted by atomic mass is 10.1. The summed E-state index contributed by atoms with van der Waals surface area (Å²) in [6.45, 7) is 0.681. The van der Waals surface area contributed by atoms with Crippen molar-refractivity contribution in [1.82, 2.24) is 10.1 Å². The number of hydrogen-bond donors (Lipinski definition) is 1. The van der Waals surface area contributed by atoms with E-state index in [-0.39, 0.29) is 18.2 Å². The summed E-state index contributed by atoms with van der Waals surface area (Å²) in [7, 11) is 0. The molecule has 5 rings (SSSR count). The van der Waals surface area contributed by atoms with Crippen molar-refractivity contribution in [3.05, 3.63) is 83.1 Å². The maximum Gasteiger partial charge on any atom is 0.258 e. The second-order valence-electron chi connectivity index (χ2n) is 7.45. The van der Waals surface area contributed by atoms with Crippen molar-refractivity contribution in [2.24, 2.45) is 0 Å². The summed E-state index contributed by atoms with van der Waals surface area (Å²) < 4.78 is 5.23. The van der Waals surface area contributed by atoms with Gasteiger partial charge in [-0.1, -0.05) is 29.4 Å². The molecule has 2 amide bonds. The van der Waals surface area contributed by atoms with Crippen LogP contribution >= 0.6 is 11.3 Å². The first-order valence-corrected chi connectivity index (χ1v) is 11.2. The number of nitrogens with one attached hydrogen (secondary N) is 1. The number of benzene rings is 2. The molecule has 4 aromatic rings. The number of amides is 2. The Bertz CT molecular complexity index is 1250. The average molecular weight is 445 g/mol. The second-order valence-corrected chi connectivity index (χ2v) is 8.40. The number of anilines is 2. The summed E-state index contributed by atoms with van der Waals surface area (Å²) in [6, 6.07) is 18.8. The number of carbonyl (C=O) groups excluding carboxylic acids is 2. The van der Waals surface area contributed by atoms with Crippen LogP contribution in [0.15, 0.2) is 70.6 Å². The zero-order valence-corrected chi connectivity index (χ0v) is 18.0. The standard InChI is InChI=1S/C24H20N4O3S/c29-21(11-12-22-26-23(27-31-22)20-6-3-15-32-20)25-18-9-7-17(8-10-18)24(30)28-14-13-16-4-1-2-5-19(16)28/h1-10,15H,11-14H2,(H,25,29). The molecular weight excluding hydrogens is 424 g/mol. The predicted molar refractivity (Wildman–Crippen MR) is 123 cm³/mol. The molecule has 7 nitrogen and oxygen atoms in total. The molecule has 1 N–H and O–H groups in total. The number of hydrogen-bond acceptors (Lipinski definition) is 6. The van der Waals surface area contributed by atoms with Crippen LogP contribution in [-0.4, -0.2) is 28.5 Å². The van der Waals surface area contributed by atoms with Gasteiger partial charge in [0.1, 0.15) is 0 Å². The Morgan fingerprint density at radius 2 is 1.91 bits per heavy atom. The van der Waals surface area contributed by atoms with Crippen LogP contribution in [0.3, 0.4) is 0 Å². The lowest BCUT2D eigenvalue weighted by molar-refractivity contribution is -0.116. The van der Waals surface area contributed by atoms with E-state index in [9.17, 15) is 9.59 Å². The van der Waals surface area contributed by atoms with E-state index in [1.165, 1.54) is 16.9 Å². The molecule has 0 fully saturated rings. The quantitative estimate of drug-likeness (QED) is 0.471. The Kier molecular flexibility index (Phi) is 5.51. The Hall–Kier alpha value is -3.78. The van der Waals surface area contributed by atoms with E-state index in [4.69, 9.17) is 4.52 Å². The van der Waals surface area contributed by atoms with Crippen molar-refractivity contribution < 1.29 is 14.1 Å². The van der Waals surface area contributed by atoms with E-state index >= 15 is 0 Å². The van der Waals surface area contributed by atoms with Gasteiger partial charge in [-0.2, -0.15) is 4.98 Å². The molecule has 160 valence electrons. The molecule has 0 spiro atoms. The van der Waals surface area contributed by atoms with Crippen molar-refractivity contribution in [2.75, 3.05) is 16.8 Å². The molecule has 0 aliphatic carbocycles. The summed E-state index contributed by atoms with van der Waals surface area (Å²) >= 11 is 1.53. The average Bonchev–Trinajstić information content (AvgIpc) is 3.58. The molecule has 0 radical (unpaired) electrons. The molecule has 2 aromatic heterocycles. The molecule has 8 heteroatoms. The van der Waals surface area contributed by atoms with Gasteiger partial charge in [-0.15, -0.1) is 11.3 Å². The van der Waals surface area contributed by atoms with Gasteiger partial charge in [-0.3, -0.25) is 9.59 Å². The first-order chi connectivity index (χ1) is 15.7. The summed E-state index contributed by atoms with van der Waals surface area (Å²) in [4.78, 5) is 32.3. The van der Waals surface area contributed by atoms with E-state index in [1.54, 1.807) is 29.2 Å². The normalized spacial score (nSPS) is 12.6. The number of para-hydroxylation sites is 1. The number of aryl methyl sites for hydroxylation is 1. The Balaban J connectivity index is 1.16. The minimum absolute atomic E-state index is 0.0363. The number of nitrogens with zero attached hydrogens (tertiary/aromatic N) is 3. The molecule has 0 atom stereocenters. The highest BCUT2D eigenvalue weighted by Gasteiger charge is 2.25. The number of aromatic nitrogens is 2. The van der Waals surface area contributed by atoms with Crippen molar-refractivity contribution >= 4 is 34.5 Å². The van der Waals surface area contributed by atoms with Crippen LogP contribution in [0.5, 0.6) is 0 Å². The van der Waals surface area contributed by atoms with E-state index in [0.29, 0.717) is 35.9 Å². The molecule has 0 saturated heterocycles. The molecule has 1 aliphatic heterocycles. The second kappa shape index (κ2) is 8.76. The van der Waals surface area contributed by atoms with Crippen molar-refractivity contribution in [1.29, 1.82) is 0 Å². The minimum atomic E-state index is -0.159. The Morgan fingerprint density at radius 1 is 1.06 bits per heavy atom. The Labute approximate surface area is 188 Å². The van der Waals surface area contributed by atoms with Crippen LogP contribution in [0.25, 0.3) is 10.7 Å². The van der Waals surface area contributed by atoms with E-state index in [0.717, 1.165) is 17.0 Å². The van der Waals surface area contributed by atoms with Crippen molar-refractivity contribution in [3.8, 4) is 10.7 Å². The van der Waals surface area contributed by atoms with Gasteiger partial charge in [0.05, 0.1) is 4.88 Å². The van der Waals surface area contributed by atoms with Gasteiger partial charge in [0.15, 0.2) is 0 Å². The fourth-order valence-electron chi connectivity index (χ4n) is 3.71. The third-order valence-corrected chi connectivity index (χ3v) is 6.19. The molecule has 32 heavy (non-hydrogen) atoms. The van der Waals surface area contributed by atoms with Gasteiger partial charge in [0.25, 0.3) is 5.91 Å². The van der Waals surface area contributed by atoms with Gasteiger partial charge in [0, 0.05) is 36.3 Å². The van der Waals surface area contributed by atoms with Crippen LogP contribution in [0, 0.1) is 0 Å². The fraction of sp³-hybridized carbons (Fsp3) is 0.167. The van der Waals surface area contributed by atoms with E-state index in [2.05, 4.69) is 21.5 Å². The number of carbonyl (C=O) groups is 2. The van der Waals surface area contributed by atoms with Crippen molar-refractivity contribution in [2.45, 2.75) is 19.3 Å². The summed E-state index contributed by atoms with van der Waals surface area (Å²) in [5.74, 6) is 0.769. The van der Waals surface area contributed by atoms with E-state index in [1.807, 2.05) is 35.7 Å². The largest absolute Gasteiger partial charge is 0.339 e. The van der Waals surface area contributed by atoms with Crippen LogP contribution in [0.2, 0.25) is 0 Å². The van der Waals surface area contributed by atoms with Crippen LogP contribution in [-0.2, 0) is 17.6 Å². The predicted octanol–water partition coefficient (Wildman–Crippen LogP) is 4.57. The zero-order valence-electron chi connectivity index (χ0n) is 17.2.